The molecule has 15 heteroatoms. The van der Waals surface area contributed by atoms with E-state index < -0.39 is 16.0 Å². The smallest absolute Gasteiger partial charge is 0.274 e. The first kappa shape index (κ1) is 20.0. The van der Waals surface area contributed by atoms with Gasteiger partial charge in [-0.05, 0) is 44.4 Å². The van der Waals surface area contributed by atoms with Crippen LogP contribution in [0.2, 0.25) is 0 Å². The Morgan fingerprint density at radius 3 is 2.88 bits per heavy atom. The van der Waals surface area contributed by atoms with Gasteiger partial charge in [0, 0.05) is 12.2 Å². The van der Waals surface area contributed by atoms with Crippen LogP contribution in [0.3, 0.4) is 0 Å². The lowest BCUT2D eigenvalue weighted by Gasteiger charge is -2.08. The van der Waals surface area contributed by atoms with E-state index in [4.69, 9.17) is 9.98 Å². The van der Waals surface area contributed by atoms with Crippen LogP contribution in [0.15, 0.2) is 32.5 Å². The second-order valence-electron chi connectivity index (χ2n) is 4.55. The molecule has 1 heterocycles. The molecule has 26 heavy (non-hydrogen) atoms. The van der Waals surface area contributed by atoms with Crippen molar-refractivity contribution < 1.29 is 27.5 Å². The highest BCUT2D eigenvalue weighted by molar-refractivity contribution is 9.10. The Balaban J connectivity index is 1.99. The molecule has 12 nitrogen and oxygen atoms in total. The van der Waals surface area contributed by atoms with E-state index in [0.29, 0.717) is 5.69 Å². The fraction of sp³-hybridized carbons (Fsp3) is 0.182. The third-order valence-corrected chi connectivity index (χ3v) is 3.89. The summed E-state index contributed by atoms with van der Waals surface area (Å²) in [6, 6.07) is 4.01. The predicted octanol–water partition coefficient (Wildman–Crippen LogP) is 0.356. The van der Waals surface area contributed by atoms with Crippen LogP contribution in [0.4, 0.5) is 15.9 Å². The van der Waals surface area contributed by atoms with E-state index in [1.165, 1.54) is 18.2 Å². The quantitative estimate of drug-likeness (QED) is 0.124. The van der Waals surface area contributed by atoms with Gasteiger partial charge in [0.05, 0.1) is 11.1 Å². The summed E-state index contributed by atoms with van der Waals surface area (Å²) in [6.45, 7) is -0.206. The number of anilines is 2. The van der Waals surface area contributed by atoms with E-state index in [0.717, 1.165) is 0 Å². The van der Waals surface area contributed by atoms with Gasteiger partial charge < -0.3 is 10.5 Å². The Hall–Kier alpha value is -2.33. The lowest BCUT2D eigenvalue weighted by molar-refractivity contribution is 0.195. The van der Waals surface area contributed by atoms with Crippen molar-refractivity contribution >= 4 is 43.5 Å². The minimum absolute atomic E-state index is 0.0487. The van der Waals surface area contributed by atoms with Gasteiger partial charge in [-0.1, -0.05) is 5.16 Å². The molecule has 6 N–H and O–H groups in total. The van der Waals surface area contributed by atoms with Crippen molar-refractivity contribution in [3.8, 4) is 0 Å². The van der Waals surface area contributed by atoms with Crippen molar-refractivity contribution in [2.24, 2.45) is 10.3 Å². The summed E-state index contributed by atoms with van der Waals surface area (Å²) in [5.74, 6) is -0.689. The Labute approximate surface area is 154 Å². The molecule has 0 fully saturated rings. The number of halogens is 2. The molecule has 0 atom stereocenters. The number of hydrogen-bond acceptors (Lipinski definition) is 9. The van der Waals surface area contributed by atoms with Crippen molar-refractivity contribution in [3.05, 3.63) is 34.2 Å². The number of nitrogens with two attached hydrogens (primary N) is 1. The SMILES string of the molecule is NS(=O)(=O)NCCONc1nonc1/C(=N/O)Nc1ccc(F)c(Br)c1. The van der Waals surface area contributed by atoms with E-state index in [2.05, 4.69) is 46.8 Å². The average molecular weight is 454 g/mol. The molecular formula is C11H13BrFN7O5S. The van der Waals surface area contributed by atoms with Gasteiger partial charge >= 0.3 is 0 Å². The predicted molar refractivity (Wildman–Crippen MR) is 91.0 cm³/mol. The van der Waals surface area contributed by atoms with Gasteiger partial charge in [0.25, 0.3) is 10.2 Å². The molecule has 142 valence electrons. The molecule has 1 aromatic carbocycles. The van der Waals surface area contributed by atoms with Gasteiger partial charge in [0.2, 0.25) is 11.7 Å². The molecule has 0 bridgehead atoms. The van der Waals surface area contributed by atoms with E-state index in [1.54, 1.807) is 0 Å². The standard InChI is InChI=1S/C11H13BrFN7O5S/c12-7-5-6(1-2-8(7)13)16-10(17-21)9-11(20-25-18-9)19-24-4-3-15-26(14,22)23/h1-2,5,15,21H,3-4H2,(H,16,17)(H,19,20)(H2,14,22,23). The van der Waals surface area contributed by atoms with Crippen molar-refractivity contribution in [1.29, 1.82) is 0 Å². The third kappa shape index (κ3) is 5.88. The highest BCUT2D eigenvalue weighted by Crippen LogP contribution is 2.21. The van der Waals surface area contributed by atoms with Crippen LogP contribution in [-0.4, -0.2) is 42.9 Å². The Morgan fingerprint density at radius 1 is 1.46 bits per heavy atom. The molecular weight excluding hydrogens is 441 g/mol. The number of nitrogens with zero attached hydrogens (tertiary/aromatic N) is 3. The van der Waals surface area contributed by atoms with Crippen molar-refractivity contribution in [2.45, 2.75) is 0 Å². The van der Waals surface area contributed by atoms with Gasteiger partial charge in [-0.15, -0.1) is 0 Å². The number of rotatable bonds is 8. The fourth-order valence-corrected chi connectivity index (χ4v) is 2.35. The molecule has 0 aliphatic carbocycles. The average Bonchev–Trinajstić information content (AvgIpc) is 3.03. The first-order valence-electron chi connectivity index (χ1n) is 6.72. The van der Waals surface area contributed by atoms with Crippen molar-refractivity contribution in [1.82, 2.24) is 15.0 Å². The van der Waals surface area contributed by atoms with E-state index >= 15 is 0 Å². The molecule has 0 aliphatic rings. The van der Waals surface area contributed by atoms with E-state index in [9.17, 15) is 18.0 Å². The van der Waals surface area contributed by atoms with Crippen LogP contribution >= 0.6 is 15.9 Å². The van der Waals surface area contributed by atoms with Crippen molar-refractivity contribution in [2.75, 3.05) is 23.9 Å². The molecule has 0 radical (unpaired) electrons. The highest BCUT2D eigenvalue weighted by Gasteiger charge is 2.18. The minimum Gasteiger partial charge on any atom is -0.409 e. The van der Waals surface area contributed by atoms with Gasteiger partial charge in [0.15, 0.2) is 5.69 Å². The summed E-state index contributed by atoms with van der Waals surface area (Å²) in [4.78, 5) is 4.98. The zero-order valence-corrected chi connectivity index (χ0v) is 15.2. The largest absolute Gasteiger partial charge is 0.409 e. The summed E-state index contributed by atoms with van der Waals surface area (Å²) in [5, 5.41) is 26.8. The fourth-order valence-electron chi connectivity index (χ4n) is 1.61. The number of hydrogen-bond donors (Lipinski definition) is 5. The molecule has 2 aromatic rings. The Kier molecular flexibility index (Phi) is 6.81. The maximum Gasteiger partial charge on any atom is 0.274 e. The summed E-state index contributed by atoms with van der Waals surface area (Å²) in [6.07, 6.45) is 0. The molecule has 1 aromatic heterocycles. The first-order valence-corrected chi connectivity index (χ1v) is 9.06. The molecule has 0 saturated carbocycles. The Bertz CT molecular complexity index is 891. The number of benzene rings is 1. The Morgan fingerprint density at radius 2 is 2.23 bits per heavy atom. The third-order valence-electron chi connectivity index (χ3n) is 2.67. The van der Waals surface area contributed by atoms with Gasteiger partial charge in [0.1, 0.15) is 5.82 Å². The van der Waals surface area contributed by atoms with Crippen LogP contribution in [0, 0.1) is 5.82 Å². The van der Waals surface area contributed by atoms with Crippen LogP contribution in [0.5, 0.6) is 0 Å². The second-order valence-corrected chi connectivity index (χ2v) is 6.79. The normalized spacial score (nSPS) is 12.2. The molecule has 2 rings (SSSR count). The first-order chi connectivity index (χ1) is 12.3. The number of nitrogens with one attached hydrogen (secondary N) is 3. The minimum atomic E-state index is -3.82. The molecule has 0 spiro atoms. The van der Waals surface area contributed by atoms with Crippen LogP contribution in [0.25, 0.3) is 0 Å². The topological polar surface area (TPSA) is 177 Å². The summed E-state index contributed by atoms with van der Waals surface area (Å²) < 4.78 is 41.4. The van der Waals surface area contributed by atoms with Crippen LogP contribution < -0.4 is 20.7 Å². The second kappa shape index (κ2) is 8.86. The molecule has 0 amide bonds. The molecule has 0 saturated heterocycles. The monoisotopic (exact) mass is 453 g/mol. The number of oxime groups is 1. The van der Waals surface area contributed by atoms with Gasteiger partial charge in [-0.2, -0.15) is 8.42 Å². The van der Waals surface area contributed by atoms with E-state index in [-0.39, 0.29) is 35.0 Å². The van der Waals surface area contributed by atoms with Crippen LogP contribution in [0.1, 0.15) is 5.69 Å². The van der Waals surface area contributed by atoms with Crippen LogP contribution in [-0.2, 0) is 15.0 Å². The van der Waals surface area contributed by atoms with Crippen molar-refractivity contribution in [3.63, 3.8) is 0 Å². The summed E-state index contributed by atoms with van der Waals surface area (Å²) >= 11 is 3.03. The highest BCUT2D eigenvalue weighted by atomic mass is 79.9. The van der Waals surface area contributed by atoms with E-state index in [1.807, 2.05) is 4.72 Å². The zero-order chi connectivity index (χ0) is 19.2. The maximum atomic E-state index is 13.3. The lowest BCUT2D eigenvalue weighted by atomic mass is 10.3. The number of amidine groups is 1. The summed E-state index contributed by atoms with van der Waals surface area (Å²) in [5.41, 5.74) is 2.69. The molecule has 0 aliphatic heterocycles. The zero-order valence-electron chi connectivity index (χ0n) is 12.8. The molecule has 0 unspecified atom stereocenters. The number of aromatic nitrogens is 2. The lowest BCUT2D eigenvalue weighted by Crippen LogP contribution is -2.33. The van der Waals surface area contributed by atoms with Gasteiger partial charge in [-0.3, -0.25) is 4.84 Å². The summed E-state index contributed by atoms with van der Waals surface area (Å²) in [7, 11) is -3.82. The van der Waals surface area contributed by atoms with Gasteiger partial charge in [-0.25, -0.2) is 24.4 Å². The maximum absolute atomic E-state index is 13.3.